The Balaban J connectivity index is 2.19. The van der Waals surface area contributed by atoms with Crippen LogP contribution in [0.2, 0.25) is 0 Å². The first-order chi connectivity index (χ1) is 8.19. The molecule has 0 aromatic heterocycles. The predicted molar refractivity (Wildman–Crippen MR) is 65.1 cm³/mol. The van der Waals surface area contributed by atoms with Crippen molar-refractivity contribution in [3.63, 3.8) is 0 Å². The van der Waals surface area contributed by atoms with Gasteiger partial charge in [0.2, 0.25) is 0 Å². The van der Waals surface area contributed by atoms with Crippen LogP contribution < -0.4 is 5.32 Å². The van der Waals surface area contributed by atoms with E-state index in [1.807, 2.05) is 0 Å². The molecular weight excluding hydrogens is 280 g/mol. The maximum Gasteiger partial charge on any atom is 0.340 e. The van der Waals surface area contributed by atoms with Gasteiger partial charge in [-0.25, -0.2) is 0 Å². The van der Waals surface area contributed by atoms with Gasteiger partial charge >= 0.3 is 15.2 Å². The Hall–Kier alpha value is 0.260. The van der Waals surface area contributed by atoms with Crippen molar-refractivity contribution in [3.05, 3.63) is 0 Å². The first-order valence-electron chi connectivity index (χ1n) is 6.03. The molecule has 1 aliphatic carbocycles. The second-order valence-electron chi connectivity index (χ2n) is 5.29. The third kappa shape index (κ3) is 3.05. The molecule has 1 saturated carbocycles. The Labute approximate surface area is 105 Å². The lowest BCUT2D eigenvalue weighted by Gasteiger charge is -2.26. The van der Waals surface area contributed by atoms with E-state index in [2.05, 4.69) is 5.32 Å². The fourth-order valence-corrected chi connectivity index (χ4v) is 6.53. The van der Waals surface area contributed by atoms with Crippen LogP contribution in [-0.4, -0.2) is 37.6 Å². The maximum atomic E-state index is 11.4. The Morgan fingerprint density at radius 2 is 1.67 bits per heavy atom. The van der Waals surface area contributed by atoms with Crippen LogP contribution in [-0.2, 0) is 9.13 Å². The highest BCUT2D eigenvalue weighted by atomic mass is 31.2. The molecule has 0 aromatic rings. The average molecular weight is 299 g/mol. The molecule has 0 bridgehead atoms. The predicted octanol–water partition coefficient (Wildman–Crippen LogP) is 0.446. The third-order valence-corrected chi connectivity index (χ3v) is 8.03. The fourth-order valence-electron chi connectivity index (χ4n) is 3.38. The summed E-state index contributed by atoms with van der Waals surface area (Å²) in [6, 6.07) is 0.143. The maximum absolute atomic E-state index is 11.4. The van der Waals surface area contributed by atoms with Crippen molar-refractivity contribution >= 4 is 15.2 Å². The smallest absolute Gasteiger partial charge is 0.324 e. The molecule has 0 radical (unpaired) electrons. The summed E-state index contributed by atoms with van der Waals surface area (Å²) in [5.74, 6) is -0.323. The van der Waals surface area contributed by atoms with Gasteiger partial charge in [0.1, 0.15) is 0 Å². The van der Waals surface area contributed by atoms with Gasteiger partial charge < -0.3 is 24.9 Å². The van der Waals surface area contributed by atoms with Crippen molar-refractivity contribution in [1.82, 2.24) is 5.32 Å². The molecule has 0 amide bonds. The first-order valence-corrected chi connectivity index (χ1v) is 9.39. The minimum absolute atomic E-state index is 0.143. The van der Waals surface area contributed by atoms with Crippen molar-refractivity contribution < 1.29 is 28.7 Å². The molecule has 2 aliphatic rings. The van der Waals surface area contributed by atoms with E-state index in [-0.39, 0.29) is 12.0 Å². The molecule has 3 unspecified atom stereocenters. The number of hydrogen-bond donors (Lipinski definition) is 5. The molecular formula is C9H19NO6P2. The topological polar surface area (TPSA) is 127 Å². The van der Waals surface area contributed by atoms with Crippen LogP contribution in [0.3, 0.4) is 0 Å². The largest absolute Gasteiger partial charge is 0.340 e. The van der Waals surface area contributed by atoms with E-state index in [1.165, 1.54) is 0 Å². The minimum Gasteiger partial charge on any atom is -0.324 e. The summed E-state index contributed by atoms with van der Waals surface area (Å²) >= 11 is 0. The molecule has 3 atom stereocenters. The van der Waals surface area contributed by atoms with Crippen LogP contribution >= 0.6 is 15.2 Å². The van der Waals surface area contributed by atoms with Crippen molar-refractivity contribution in [2.45, 2.75) is 37.1 Å². The van der Waals surface area contributed by atoms with Crippen LogP contribution in [0.1, 0.15) is 25.7 Å². The normalized spacial score (nSPS) is 33.7. The van der Waals surface area contributed by atoms with Crippen LogP contribution in [0.5, 0.6) is 0 Å². The first kappa shape index (κ1) is 14.7. The molecule has 1 aliphatic heterocycles. The molecule has 0 aromatic carbocycles. The van der Waals surface area contributed by atoms with E-state index in [0.717, 1.165) is 19.4 Å². The Morgan fingerprint density at radius 3 is 2.17 bits per heavy atom. The van der Waals surface area contributed by atoms with E-state index in [9.17, 15) is 28.7 Å². The van der Waals surface area contributed by atoms with Crippen LogP contribution in [0.15, 0.2) is 0 Å². The number of fused-ring (bicyclic) bond motifs is 1. The molecule has 18 heavy (non-hydrogen) atoms. The van der Waals surface area contributed by atoms with Gasteiger partial charge in [0.25, 0.3) is 0 Å². The van der Waals surface area contributed by atoms with E-state index in [0.29, 0.717) is 12.8 Å². The molecule has 5 N–H and O–H groups in total. The lowest BCUT2D eigenvalue weighted by Crippen LogP contribution is -2.37. The van der Waals surface area contributed by atoms with Gasteiger partial charge in [-0.2, -0.15) is 0 Å². The fraction of sp³-hybridized carbons (Fsp3) is 1.00. The highest BCUT2D eigenvalue weighted by molar-refractivity contribution is 7.70. The zero-order chi connectivity index (χ0) is 13.6. The van der Waals surface area contributed by atoms with Crippen molar-refractivity contribution in [2.24, 2.45) is 11.8 Å². The summed E-state index contributed by atoms with van der Waals surface area (Å²) in [4.78, 5) is 36.8. The SMILES string of the molecule is O=P(O)(O)C(C1CC2CCCNC2C1)P(=O)(O)O. The van der Waals surface area contributed by atoms with E-state index >= 15 is 0 Å². The van der Waals surface area contributed by atoms with Crippen molar-refractivity contribution in [3.8, 4) is 0 Å². The van der Waals surface area contributed by atoms with Gasteiger partial charge in [-0.1, -0.05) is 0 Å². The third-order valence-electron chi connectivity index (χ3n) is 4.00. The Kier molecular flexibility index (Phi) is 4.06. The van der Waals surface area contributed by atoms with E-state index in [4.69, 9.17) is 0 Å². The lowest BCUT2D eigenvalue weighted by atomic mass is 9.94. The number of hydrogen-bond acceptors (Lipinski definition) is 3. The summed E-state index contributed by atoms with van der Waals surface area (Å²) in [5, 5.41) is 1.43. The van der Waals surface area contributed by atoms with Crippen LogP contribution in [0, 0.1) is 11.8 Å². The van der Waals surface area contributed by atoms with Gasteiger partial charge in [0, 0.05) is 6.04 Å². The Morgan fingerprint density at radius 1 is 1.06 bits per heavy atom. The standard InChI is InChI=1S/C9H19NO6P2/c11-17(12,13)9(18(14,15)16)7-4-6-2-1-3-10-8(6)5-7/h6-10H,1-5H2,(H2,11,12,13)(H2,14,15,16). The molecule has 2 fully saturated rings. The number of piperidine rings is 1. The molecule has 106 valence electrons. The van der Waals surface area contributed by atoms with Crippen LogP contribution in [0.4, 0.5) is 0 Å². The number of rotatable bonds is 3. The summed E-state index contributed by atoms with van der Waals surface area (Å²) < 4.78 is 22.7. The molecule has 1 saturated heterocycles. The molecule has 1 heterocycles. The number of nitrogens with one attached hydrogen (secondary N) is 1. The van der Waals surface area contributed by atoms with Crippen molar-refractivity contribution in [1.29, 1.82) is 0 Å². The minimum atomic E-state index is -4.79. The average Bonchev–Trinajstić information content (AvgIpc) is 2.54. The second kappa shape index (κ2) is 4.98. The van der Waals surface area contributed by atoms with Gasteiger partial charge in [-0.3, -0.25) is 9.13 Å². The summed E-state index contributed by atoms with van der Waals surface area (Å²) in [5.41, 5.74) is 0. The van der Waals surface area contributed by atoms with E-state index in [1.54, 1.807) is 0 Å². The molecule has 7 nitrogen and oxygen atoms in total. The summed E-state index contributed by atoms with van der Waals surface area (Å²) in [6.45, 7) is 0.865. The highest BCUT2D eigenvalue weighted by Gasteiger charge is 2.52. The van der Waals surface area contributed by atoms with Gasteiger partial charge in [-0.15, -0.1) is 0 Å². The zero-order valence-corrected chi connectivity index (χ0v) is 11.6. The van der Waals surface area contributed by atoms with Crippen molar-refractivity contribution in [2.75, 3.05) is 6.54 Å². The van der Waals surface area contributed by atoms with Gasteiger partial charge in [0.15, 0.2) is 5.40 Å². The van der Waals surface area contributed by atoms with E-state index < -0.39 is 26.5 Å². The summed E-state index contributed by atoms with van der Waals surface area (Å²) in [7, 11) is -9.58. The molecule has 9 heteroatoms. The van der Waals surface area contributed by atoms with Gasteiger partial charge in [-0.05, 0) is 44.1 Å². The second-order valence-corrected chi connectivity index (χ2v) is 9.16. The Bertz CT molecular complexity index is 368. The monoisotopic (exact) mass is 299 g/mol. The molecule has 0 spiro atoms. The van der Waals surface area contributed by atoms with Gasteiger partial charge in [0.05, 0.1) is 0 Å². The zero-order valence-electron chi connectivity index (χ0n) is 9.84. The quantitative estimate of drug-likeness (QED) is 0.479. The molecule has 2 rings (SSSR count). The highest BCUT2D eigenvalue weighted by Crippen LogP contribution is 2.65. The lowest BCUT2D eigenvalue weighted by molar-refractivity contribution is 0.312. The summed E-state index contributed by atoms with van der Waals surface area (Å²) in [6.07, 6.45) is 2.89. The van der Waals surface area contributed by atoms with Crippen LogP contribution in [0.25, 0.3) is 0 Å².